The monoisotopic (exact) mass is 434 g/mol. The Balaban J connectivity index is 1.51. The molecular weight excluding hydrogens is 400 g/mol. The summed E-state index contributed by atoms with van der Waals surface area (Å²) >= 11 is 0. The Labute approximate surface area is 190 Å². The number of aryl methyl sites for hydroxylation is 1. The van der Waals surface area contributed by atoms with Gasteiger partial charge in [-0.15, -0.1) is 0 Å². The maximum atomic E-state index is 13.2. The number of hydrogen-bond donors (Lipinski definition) is 1. The van der Waals surface area contributed by atoms with Gasteiger partial charge in [0, 0.05) is 43.2 Å². The van der Waals surface area contributed by atoms with E-state index in [0.717, 1.165) is 42.6 Å². The van der Waals surface area contributed by atoms with Gasteiger partial charge in [-0.05, 0) is 61.3 Å². The fourth-order valence-corrected chi connectivity index (χ4v) is 4.68. The van der Waals surface area contributed by atoms with Crippen LogP contribution in [0.25, 0.3) is 11.1 Å². The van der Waals surface area contributed by atoms with Gasteiger partial charge in [-0.25, -0.2) is 0 Å². The van der Waals surface area contributed by atoms with Gasteiger partial charge in [-0.2, -0.15) is 5.10 Å². The summed E-state index contributed by atoms with van der Waals surface area (Å²) in [7, 11) is 3.62. The minimum atomic E-state index is 0.0567. The minimum absolute atomic E-state index is 0.0567. The van der Waals surface area contributed by atoms with E-state index < -0.39 is 0 Å². The normalized spacial score (nSPS) is 18.7. The van der Waals surface area contributed by atoms with Gasteiger partial charge in [-0.3, -0.25) is 9.48 Å². The third-order valence-electron chi connectivity index (χ3n) is 6.34. The molecule has 0 unspecified atom stereocenters. The molecule has 4 rings (SSSR count). The van der Waals surface area contributed by atoms with Crippen molar-refractivity contribution in [3.8, 4) is 16.9 Å². The van der Waals surface area contributed by atoms with Gasteiger partial charge in [0.15, 0.2) is 0 Å². The molecule has 6 nitrogen and oxygen atoms in total. The number of pyridine rings is 1. The molecule has 3 aromatic rings. The zero-order chi connectivity index (χ0) is 22.7. The Kier molecular flexibility index (Phi) is 6.68. The van der Waals surface area contributed by atoms with E-state index in [-0.39, 0.29) is 5.56 Å². The van der Waals surface area contributed by atoms with Crippen molar-refractivity contribution in [2.24, 2.45) is 13.0 Å². The molecule has 0 bridgehead atoms. The molecule has 2 heterocycles. The van der Waals surface area contributed by atoms with Crippen molar-refractivity contribution < 1.29 is 4.74 Å². The first-order valence-corrected chi connectivity index (χ1v) is 11.6. The lowest BCUT2D eigenvalue weighted by molar-refractivity contribution is 0.401. The summed E-state index contributed by atoms with van der Waals surface area (Å²) in [5.74, 6) is 1.85. The molecule has 6 heteroatoms. The van der Waals surface area contributed by atoms with E-state index in [1.54, 1.807) is 11.8 Å². The first kappa shape index (κ1) is 22.2. The van der Waals surface area contributed by atoms with Crippen LogP contribution in [-0.4, -0.2) is 27.5 Å². The topological polar surface area (TPSA) is 61.1 Å². The van der Waals surface area contributed by atoms with E-state index in [1.165, 1.54) is 5.56 Å². The molecule has 1 fully saturated rings. The fourth-order valence-electron chi connectivity index (χ4n) is 4.68. The van der Waals surface area contributed by atoms with Crippen LogP contribution in [-0.2, 0) is 13.6 Å². The highest BCUT2D eigenvalue weighted by Crippen LogP contribution is 2.35. The van der Waals surface area contributed by atoms with E-state index in [0.29, 0.717) is 30.1 Å². The second-order valence-electron chi connectivity index (χ2n) is 9.37. The number of benzene rings is 1. The third kappa shape index (κ3) is 5.06. The summed E-state index contributed by atoms with van der Waals surface area (Å²) in [4.78, 5) is 13.2. The molecule has 1 saturated carbocycles. The SMILES string of the molecule is COc1cccc([C@H]2CC[C@@H](Nc3cc(-c4cnn(C)c4)cn(CC(C)C)c3=O)CC2)c1. The van der Waals surface area contributed by atoms with Crippen LogP contribution in [0, 0.1) is 5.92 Å². The Morgan fingerprint density at radius 3 is 2.56 bits per heavy atom. The maximum Gasteiger partial charge on any atom is 0.273 e. The molecule has 0 saturated heterocycles. The first-order chi connectivity index (χ1) is 15.4. The quantitative estimate of drug-likeness (QED) is 0.565. The zero-order valence-electron chi connectivity index (χ0n) is 19.5. The average molecular weight is 435 g/mol. The van der Waals surface area contributed by atoms with Gasteiger partial charge in [0.05, 0.1) is 13.3 Å². The molecule has 1 aliphatic carbocycles. The Bertz CT molecular complexity index is 1110. The van der Waals surface area contributed by atoms with Crippen molar-refractivity contribution in [1.82, 2.24) is 14.3 Å². The predicted molar refractivity (Wildman–Crippen MR) is 129 cm³/mol. The van der Waals surface area contributed by atoms with Crippen molar-refractivity contribution in [3.63, 3.8) is 0 Å². The molecule has 170 valence electrons. The minimum Gasteiger partial charge on any atom is -0.497 e. The Morgan fingerprint density at radius 1 is 1.12 bits per heavy atom. The van der Waals surface area contributed by atoms with Crippen molar-refractivity contribution in [3.05, 3.63) is 64.8 Å². The van der Waals surface area contributed by atoms with E-state index >= 15 is 0 Å². The van der Waals surface area contributed by atoms with Crippen molar-refractivity contribution in [1.29, 1.82) is 0 Å². The van der Waals surface area contributed by atoms with Crippen LogP contribution in [0.5, 0.6) is 5.75 Å². The average Bonchev–Trinajstić information content (AvgIpc) is 3.23. The molecule has 2 aromatic heterocycles. The predicted octanol–water partition coefficient (Wildman–Crippen LogP) is 5.05. The van der Waals surface area contributed by atoms with Crippen LogP contribution in [0.15, 0.2) is 53.7 Å². The molecule has 0 aliphatic heterocycles. The summed E-state index contributed by atoms with van der Waals surface area (Å²) in [6.45, 7) is 4.97. The van der Waals surface area contributed by atoms with Crippen LogP contribution in [0.4, 0.5) is 5.69 Å². The lowest BCUT2D eigenvalue weighted by Crippen LogP contribution is -2.31. The van der Waals surface area contributed by atoms with Crippen LogP contribution in [0.1, 0.15) is 51.0 Å². The largest absolute Gasteiger partial charge is 0.497 e. The van der Waals surface area contributed by atoms with Crippen LogP contribution >= 0.6 is 0 Å². The van der Waals surface area contributed by atoms with Crippen molar-refractivity contribution in [2.75, 3.05) is 12.4 Å². The van der Waals surface area contributed by atoms with Crippen molar-refractivity contribution in [2.45, 2.75) is 58.0 Å². The molecule has 0 radical (unpaired) electrons. The third-order valence-corrected chi connectivity index (χ3v) is 6.34. The summed E-state index contributed by atoms with van der Waals surface area (Å²) in [6.07, 6.45) is 10.1. The van der Waals surface area contributed by atoms with Gasteiger partial charge < -0.3 is 14.6 Å². The van der Waals surface area contributed by atoms with Crippen molar-refractivity contribution >= 4 is 5.69 Å². The van der Waals surface area contributed by atoms with E-state index in [9.17, 15) is 4.79 Å². The molecule has 0 spiro atoms. The second kappa shape index (κ2) is 9.63. The summed E-state index contributed by atoms with van der Waals surface area (Å²) in [6, 6.07) is 10.7. The molecule has 0 atom stereocenters. The number of nitrogens with zero attached hydrogens (tertiary/aromatic N) is 3. The number of aromatic nitrogens is 3. The summed E-state index contributed by atoms with van der Waals surface area (Å²) < 4.78 is 9.03. The van der Waals surface area contributed by atoms with Gasteiger partial charge in [0.25, 0.3) is 5.56 Å². The standard InChI is InChI=1S/C26H34N4O2/c1-18(2)15-30-17-21(22-14-27-29(3)16-22)13-25(26(30)31)28-23-10-8-19(9-11-23)20-6-5-7-24(12-20)32-4/h5-7,12-14,16-19,23,28H,8-11,15H2,1-4H3/t19-,23+. The fraction of sp³-hybridized carbons (Fsp3) is 0.462. The highest BCUT2D eigenvalue weighted by molar-refractivity contribution is 5.65. The number of anilines is 1. The molecule has 32 heavy (non-hydrogen) atoms. The number of ether oxygens (including phenoxy) is 1. The second-order valence-corrected chi connectivity index (χ2v) is 9.37. The summed E-state index contributed by atoms with van der Waals surface area (Å²) in [5.41, 5.74) is 4.14. The van der Waals surface area contributed by atoms with Crippen LogP contribution in [0.3, 0.4) is 0 Å². The van der Waals surface area contributed by atoms with E-state index in [1.807, 2.05) is 42.3 Å². The van der Waals surface area contributed by atoms with Crippen LogP contribution in [0.2, 0.25) is 0 Å². The number of rotatable bonds is 7. The smallest absolute Gasteiger partial charge is 0.273 e. The Hall–Kier alpha value is -3.02. The highest BCUT2D eigenvalue weighted by Gasteiger charge is 2.24. The maximum absolute atomic E-state index is 13.2. The lowest BCUT2D eigenvalue weighted by atomic mass is 9.81. The molecule has 1 aliphatic rings. The molecule has 0 amide bonds. The Morgan fingerprint density at radius 2 is 1.91 bits per heavy atom. The van der Waals surface area contributed by atoms with E-state index in [4.69, 9.17) is 4.74 Å². The van der Waals surface area contributed by atoms with Gasteiger partial charge in [0.2, 0.25) is 0 Å². The zero-order valence-corrected chi connectivity index (χ0v) is 19.5. The summed E-state index contributed by atoms with van der Waals surface area (Å²) in [5, 5.41) is 7.89. The molecule has 1 aromatic carbocycles. The highest BCUT2D eigenvalue weighted by atomic mass is 16.5. The van der Waals surface area contributed by atoms with E-state index in [2.05, 4.69) is 42.5 Å². The number of hydrogen-bond acceptors (Lipinski definition) is 4. The number of nitrogens with one attached hydrogen (secondary N) is 1. The van der Waals surface area contributed by atoms with Gasteiger partial charge >= 0.3 is 0 Å². The number of methoxy groups -OCH3 is 1. The van der Waals surface area contributed by atoms with Crippen LogP contribution < -0.4 is 15.6 Å². The molecule has 1 N–H and O–H groups in total. The van der Waals surface area contributed by atoms with Gasteiger partial charge in [0.1, 0.15) is 11.4 Å². The first-order valence-electron chi connectivity index (χ1n) is 11.6. The van der Waals surface area contributed by atoms with Gasteiger partial charge in [-0.1, -0.05) is 26.0 Å². The molecular formula is C26H34N4O2. The lowest BCUT2D eigenvalue weighted by Gasteiger charge is -2.30.